The van der Waals surface area contributed by atoms with Crippen molar-refractivity contribution in [2.24, 2.45) is 10.9 Å². The van der Waals surface area contributed by atoms with Crippen molar-refractivity contribution in [3.63, 3.8) is 0 Å². The molecule has 1 fully saturated rings. The van der Waals surface area contributed by atoms with Gasteiger partial charge >= 0.3 is 15.5 Å². The van der Waals surface area contributed by atoms with Gasteiger partial charge in [0.05, 0.1) is 0 Å². The first-order valence-corrected chi connectivity index (χ1v) is 11.1. The molecule has 29 heavy (non-hydrogen) atoms. The fraction of sp³-hybridized carbons (Fsp3) is 0.941. The zero-order chi connectivity index (χ0) is 21.5. The van der Waals surface area contributed by atoms with Crippen molar-refractivity contribution in [3.05, 3.63) is 0 Å². The van der Waals surface area contributed by atoms with Crippen molar-refractivity contribution in [3.8, 4) is 0 Å². The van der Waals surface area contributed by atoms with Crippen molar-refractivity contribution < 1.29 is 21.6 Å². The number of rotatable bonds is 8. The van der Waals surface area contributed by atoms with Crippen LogP contribution in [0.5, 0.6) is 0 Å². The van der Waals surface area contributed by atoms with Crippen LogP contribution in [-0.4, -0.2) is 80.9 Å². The number of nitrogens with zero attached hydrogens (tertiary/aromatic N) is 3. The number of sulfonamides is 1. The van der Waals surface area contributed by atoms with Gasteiger partial charge in [-0.2, -0.15) is 17.5 Å². The molecule has 174 valence electrons. The molecule has 1 rings (SSSR count). The third kappa shape index (κ3) is 8.74. The fourth-order valence-electron chi connectivity index (χ4n) is 3.38. The number of hydrogen-bond acceptors (Lipinski definition) is 4. The standard InChI is InChI=1S/C17H34F3N5O2S.HI/c1-13(2)25(14(3)4)11-8-22-16(21-5)23-12-15-6-9-24(10-7-15)28(26,27)17(18,19)20;/h13-15H,6-12H2,1-5H3,(H2,21,22,23);1H. The molecule has 0 atom stereocenters. The Labute approximate surface area is 189 Å². The second-order valence-corrected chi connectivity index (χ2v) is 9.53. The summed E-state index contributed by atoms with van der Waals surface area (Å²) in [6.45, 7) is 10.5. The fourth-order valence-corrected chi connectivity index (χ4v) is 4.36. The number of alkyl halides is 3. The Morgan fingerprint density at radius 3 is 2.07 bits per heavy atom. The maximum atomic E-state index is 12.6. The quantitative estimate of drug-likeness (QED) is 0.273. The molecule has 0 radical (unpaired) electrons. The first-order valence-electron chi connectivity index (χ1n) is 9.66. The topological polar surface area (TPSA) is 77.0 Å². The SMILES string of the molecule is CN=C(NCCN(C(C)C)C(C)C)NCC1CCN(S(=O)(=O)C(F)(F)F)CC1.I. The van der Waals surface area contributed by atoms with E-state index in [2.05, 4.69) is 48.2 Å². The average Bonchev–Trinajstić information content (AvgIpc) is 2.59. The van der Waals surface area contributed by atoms with Gasteiger partial charge in [0.2, 0.25) is 0 Å². The molecule has 2 N–H and O–H groups in total. The van der Waals surface area contributed by atoms with E-state index in [0.717, 1.165) is 13.1 Å². The Balaban J connectivity index is 0.00000784. The highest BCUT2D eigenvalue weighted by atomic mass is 127. The number of halogens is 4. The van der Waals surface area contributed by atoms with E-state index in [9.17, 15) is 21.6 Å². The Bertz CT molecular complexity index is 599. The lowest BCUT2D eigenvalue weighted by atomic mass is 9.98. The number of piperidine rings is 1. The average molecular weight is 557 g/mol. The minimum absolute atomic E-state index is 0. The van der Waals surface area contributed by atoms with Crippen LogP contribution in [0, 0.1) is 5.92 Å². The van der Waals surface area contributed by atoms with E-state index in [-0.39, 0.29) is 43.0 Å². The summed E-state index contributed by atoms with van der Waals surface area (Å²) in [5, 5.41) is 6.43. The third-order valence-electron chi connectivity index (χ3n) is 4.98. The van der Waals surface area contributed by atoms with Crippen LogP contribution in [-0.2, 0) is 10.0 Å². The zero-order valence-electron chi connectivity index (χ0n) is 17.8. The molecule has 0 unspecified atom stereocenters. The molecule has 1 heterocycles. The number of aliphatic imine (C=N–C) groups is 1. The van der Waals surface area contributed by atoms with Crippen molar-refractivity contribution in [2.75, 3.05) is 39.8 Å². The summed E-state index contributed by atoms with van der Waals surface area (Å²) in [6, 6.07) is 0.880. The lowest BCUT2D eigenvalue weighted by Gasteiger charge is -2.32. The molecule has 0 spiro atoms. The summed E-state index contributed by atoms with van der Waals surface area (Å²) < 4.78 is 61.3. The summed E-state index contributed by atoms with van der Waals surface area (Å²) in [6.07, 6.45) is 0.765. The Morgan fingerprint density at radius 2 is 1.66 bits per heavy atom. The second kappa shape index (κ2) is 12.5. The van der Waals surface area contributed by atoms with Crippen LogP contribution in [0.15, 0.2) is 4.99 Å². The molecular weight excluding hydrogens is 522 g/mol. The van der Waals surface area contributed by atoms with Gasteiger partial charge in [-0.15, -0.1) is 24.0 Å². The molecule has 0 aliphatic carbocycles. The number of nitrogens with one attached hydrogen (secondary N) is 2. The monoisotopic (exact) mass is 557 g/mol. The smallest absolute Gasteiger partial charge is 0.356 e. The van der Waals surface area contributed by atoms with Crippen LogP contribution in [0.4, 0.5) is 13.2 Å². The van der Waals surface area contributed by atoms with Gasteiger partial charge in [0.15, 0.2) is 5.96 Å². The Hall–Kier alpha value is -0.340. The zero-order valence-corrected chi connectivity index (χ0v) is 20.9. The summed E-state index contributed by atoms with van der Waals surface area (Å²) in [5.41, 5.74) is -5.23. The van der Waals surface area contributed by atoms with E-state index in [1.54, 1.807) is 7.05 Å². The summed E-state index contributed by atoms with van der Waals surface area (Å²) in [4.78, 5) is 6.52. The van der Waals surface area contributed by atoms with Crippen LogP contribution < -0.4 is 10.6 Å². The molecule has 1 aliphatic rings. The summed E-state index contributed by atoms with van der Waals surface area (Å²) >= 11 is 0. The molecule has 1 aliphatic heterocycles. The molecular formula is C17H35F3IN5O2S. The third-order valence-corrected chi connectivity index (χ3v) is 6.61. The maximum absolute atomic E-state index is 12.6. The van der Waals surface area contributed by atoms with E-state index in [4.69, 9.17) is 0 Å². The molecule has 0 aromatic rings. The normalized spacial score (nSPS) is 17.7. The highest BCUT2D eigenvalue weighted by Crippen LogP contribution is 2.30. The van der Waals surface area contributed by atoms with Gasteiger partial charge < -0.3 is 10.6 Å². The van der Waals surface area contributed by atoms with Gasteiger partial charge in [0, 0.05) is 51.9 Å². The van der Waals surface area contributed by atoms with Crippen molar-refractivity contribution in [1.29, 1.82) is 0 Å². The van der Waals surface area contributed by atoms with E-state index in [1.165, 1.54) is 0 Å². The van der Waals surface area contributed by atoms with E-state index >= 15 is 0 Å². The predicted molar refractivity (Wildman–Crippen MR) is 121 cm³/mol. The van der Waals surface area contributed by atoms with E-state index in [1.807, 2.05) is 0 Å². The van der Waals surface area contributed by atoms with Crippen LogP contribution in [0.3, 0.4) is 0 Å². The van der Waals surface area contributed by atoms with Crippen LogP contribution in [0.25, 0.3) is 0 Å². The first kappa shape index (κ1) is 28.7. The van der Waals surface area contributed by atoms with Crippen LogP contribution >= 0.6 is 24.0 Å². The molecule has 0 saturated carbocycles. The van der Waals surface area contributed by atoms with E-state index in [0.29, 0.717) is 41.7 Å². The van der Waals surface area contributed by atoms with Crippen molar-refractivity contribution >= 4 is 40.0 Å². The second-order valence-electron chi connectivity index (χ2n) is 7.60. The van der Waals surface area contributed by atoms with Gasteiger partial charge in [-0.1, -0.05) is 0 Å². The molecule has 0 bridgehead atoms. The lowest BCUT2D eigenvalue weighted by Crippen LogP contribution is -2.48. The molecule has 0 amide bonds. The summed E-state index contributed by atoms with van der Waals surface area (Å²) in [5.74, 6) is 0.735. The largest absolute Gasteiger partial charge is 0.511 e. The molecule has 0 aromatic heterocycles. The minimum atomic E-state index is -5.23. The minimum Gasteiger partial charge on any atom is -0.356 e. The van der Waals surface area contributed by atoms with Gasteiger partial charge in [0.1, 0.15) is 0 Å². The Kier molecular flexibility index (Phi) is 12.4. The van der Waals surface area contributed by atoms with Crippen LogP contribution in [0.2, 0.25) is 0 Å². The summed E-state index contributed by atoms with van der Waals surface area (Å²) in [7, 11) is -3.56. The van der Waals surface area contributed by atoms with E-state index < -0.39 is 15.5 Å². The van der Waals surface area contributed by atoms with Gasteiger partial charge in [-0.3, -0.25) is 9.89 Å². The first-order chi connectivity index (χ1) is 12.9. The molecule has 7 nitrogen and oxygen atoms in total. The van der Waals surface area contributed by atoms with Gasteiger partial charge in [-0.25, -0.2) is 8.42 Å². The van der Waals surface area contributed by atoms with Crippen LogP contribution in [0.1, 0.15) is 40.5 Å². The molecule has 12 heteroatoms. The highest BCUT2D eigenvalue weighted by molar-refractivity contribution is 14.0. The molecule has 0 aromatic carbocycles. The van der Waals surface area contributed by atoms with Gasteiger partial charge in [-0.05, 0) is 46.5 Å². The maximum Gasteiger partial charge on any atom is 0.511 e. The highest BCUT2D eigenvalue weighted by Gasteiger charge is 2.50. The van der Waals surface area contributed by atoms with Crippen molar-refractivity contribution in [2.45, 2.75) is 58.1 Å². The molecule has 1 saturated heterocycles. The number of hydrogen-bond donors (Lipinski definition) is 2. The Morgan fingerprint density at radius 1 is 1.14 bits per heavy atom. The lowest BCUT2D eigenvalue weighted by molar-refractivity contribution is -0.0496. The van der Waals surface area contributed by atoms with Crippen molar-refractivity contribution in [1.82, 2.24) is 19.8 Å². The number of guanidine groups is 1. The predicted octanol–water partition coefficient (Wildman–Crippen LogP) is 2.45. The van der Waals surface area contributed by atoms with Gasteiger partial charge in [0.25, 0.3) is 0 Å².